The Kier molecular flexibility index (Phi) is 5.42. The van der Waals surface area contributed by atoms with Crippen molar-refractivity contribution in [2.75, 3.05) is 20.6 Å². The molecule has 0 aliphatic carbocycles. The minimum absolute atomic E-state index is 0.0406. The van der Waals surface area contributed by atoms with E-state index in [-0.39, 0.29) is 11.2 Å². The molecule has 27 heavy (non-hydrogen) atoms. The molecule has 0 aliphatic heterocycles. The van der Waals surface area contributed by atoms with Crippen LogP contribution in [0.15, 0.2) is 53.3 Å². The summed E-state index contributed by atoms with van der Waals surface area (Å²) in [5, 5.41) is 11.3. The van der Waals surface area contributed by atoms with Crippen molar-refractivity contribution in [3.63, 3.8) is 0 Å². The van der Waals surface area contributed by atoms with Gasteiger partial charge in [0.2, 0.25) is 0 Å². The molecule has 7 heteroatoms. The van der Waals surface area contributed by atoms with E-state index in [2.05, 4.69) is 4.98 Å². The Bertz CT molecular complexity index is 1050. The third-order valence-corrected chi connectivity index (χ3v) is 4.19. The zero-order valence-electron chi connectivity index (χ0n) is 15.2. The number of aromatic nitrogens is 2. The number of nitrogens with zero attached hydrogens (tertiary/aromatic N) is 4. The fraction of sp³-hybridized carbons (Fsp3) is 0.200. The molecular weight excluding hydrogens is 344 g/mol. The van der Waals surface area contributed by atoms with Crippen molar-refractivity contribution >= 4 is 28.7 Å². The predicted molar refractivity (Wildman–Crippen MR) is 107 cm³/mol. The quantitative estimate of drug-likeness (QED) is 0.496. The molecule has 0 spiro atoms. The molecule has 0 fully saturated rings. The van der Waals surface area contributed by atoms with Gasteiger partial charge in [0.05, 0.1) is 15.8 Å². The van der Waals surface area contributed by atoms with E-state index in [0.29, 0.717) is 29.8 Å². The predicted octanol–water partition coefficient (Wildman–Crippen LogP) is 3.04. The molecule has 1 aromatic heterocycles. The molecule has 0 saturated heterocycles. The molecular formula is C20H20N4O3. The van der Waals surface area contributed by atoms with Crippen molar-refractivity contribution in [2.24, 2.45) is 0 Å². The van der Waals surface area contributed by atoms with Gasteiger partial charge in [0.25, 0.3) is 11.2 Å². The van der Waals surface area contributed by atoms with Gasteiger partial charge in [0.1, 0.15) is 5.82 Å². The Morgan fingerprint density at radius 1 is 1.11 bits per heavy atom. The lowest BCUT2D eigenvalue weighted by atomic mass is 10.2. The van der Waals surface area contributed by atoms with Crippen molar-refractivity contribution in [3.05, 3.63) is 80.4 Å². The SMILES string of the molecule is CN(C)CCn1c(/C=C/c2ccc([N+](=O)[O-])cc2)nc2ccccc2c1=O. The summed E-state index contributed by atoms with van der Waals surface area (Å²) in [7, 11) is 3.90. The second-order valence-corrected chi connectivity index (χ2v) is 6.43. The molecule has 0 bridgehead atoms. The van der Waals surface area contributed by atoms with Crippen LogP contribution in [0.2, 0.25) is 0 Å². The summed E-state index contributed by atoms with van der Waals surface area (Å²) in [5.41, 5.74) is 1.40. The van der Waals surface area contributed by atoms with Crippen LogP contribution in [0.4, 0.5) is 5.69 Å². The Hall–Kier alpha value is -3.32. The third kappa shape index (κ3) is 4.27. The van der Waals surface area contributed by atoms with Gasteiger partial charge in [-0.05, 0) is 50.0 Å². The first kappa shape index (κ1) is 18.5. The van der Waals surface area contributed by atoms with E-state index in [9.17, 15) is 14.9 Å². The normalized spacial score (nSPS) is 11.5. The number of fused-ring (bicyclic) bond motifs is 1. The Balaban J connectivity index is 2.01. The van der Waals surface area contributed by atoms with E-state index < -0.39 is 4.92 Å². The number of rotatable bonds is 6. The standard InChI is InChI=1S/C20H20N4O3/c1-22(2)13-14-23-19(21-18-6-4-3-5-17(18)20(23)25)12-9-15-7-10-16(11-8-15)24(26)27/h3-12H,13-14H2,1-2H3/b12-9+. The molecule has 0 unspecified atom stereocenters. The Labute approximate surface area is 156 Å². The second kappa shape index (κ2) is 7.92. The van der Waals surface area contributed by atoms with Crippen LogP contribution in [-0.2, 0) is 6.54 Å². The first-order valence-corrected chi connectivity index (χ1v) is 8.52. The second-order valence-electron chi connectivity index (χ2n) is 6.43. The average Bonchev–Trinajstić information content (AvgIpc) is 2.66. The van der Waals surface area contributed by atoms with Crippen LogP contribution in [0.25, 0.3) is 23.1 Å². The Morgan fingerprint density at radius 2 is 1.81 bits per heavy atom. The lowest BCUT2D eigenvalue weighted by Gasteiger charge is -2.14. The Morgan fingerprint density at radius 3 is 2.48 bits per heavy atom. The molecule has 7 nitrogen and oxygen atoms in total. The molecule has 0 aliphatic rings. The van der Waals surface area contributed by atoms with Gasteiger partial charge in [-0.25, -0.2) is 4.98 Å². The van der Waals surface area contributed by atoms with Crippen LogP contribution in [0.3, 0.4) is 0 Å². The van der Waals surface area contributed by atoms with E-state index in [1.807, 2.05) is 37.2 Å². The summed E-state index contributed by atoms with van der Waals surface area (Å²) in [6.45, 7) is 1.22. The minimum atomic E-state index is -0.433. The van der Waals surface area contributed by atoms with E-state index in [1.54, 1.807) is 34.9 Å². The molecule has 0 N–H and O–H groups in total. The van der Waals surface area contributed by atoms with Gasteiger partial charge in [-0.3, -0.25) is 19.5 Å². The van der Waals surface area contributed by atoms with Gasteiger partial charge in [-0.2, -0.15) is 0 Å². The lowest BCUT2D eigenvalue weighted by Crippen LogP contribution is -2.29. The van der Waals surface area contributed by atoms with Gasteiger partial charge in [0.15, 0.2) is 0 Å². The van der Waals surface area contributed by atoms with Gasteiger partial charge in [-0.1, -0.05) is 18.2 Å². The molecule has 138 valence electrons. The summed E-state index contributed by atoms with van der Waals surface area (Å²) in [6, 6.07) is 13.5. The zero-order valence-corrected chi connectivity index (χ0v) is 15.2. The van der Waals surface area contributed by atoms with Gasteiger partial charge < -0.3 is 4.90 Å². The number of non-ortho nitro benzene ring substituents is 1. The van der Waals surface area contributed by atoms with Gasteiger partial charge >= 0.3 is 0 Å². The number of likely N-dealkylation sites (N-methyl/N-ethyl adjacent to an activating group) is 1. The highest BCUT2D eigenvalue weighted by molar-refractivity contribution is 5.79. The zero-order chi connectivity index (χ0) is 19.4. The number of para-hydroxylation sites is 1. The average molecular weight is 364 g/mol. The molecule has 0 atom stereocenters. The number of hydrogen-bond acceptors (Lipinski definition) is 5. The molecule has 3 rings (SSSR count). The van der Waals surface area contributed by atoms with E-state index >= 15 is 0 Å². The van der Waals surface area contributed by atoms with E-state index in [1.165, 1.54) is 12.1 Å². The molecule has 0 radical (unpaired) electrons. The van der Waals surface area contributed by atoms with Crippen molar-refractivity contribution in [1.29, 1.82) is 0 Å². The molecule has 0 amide bonds. The summed E-state index contributed by atoms with van der Waals surface area (Å²) in [5.74, 6) is 0.555. The van der Waals surface area contributed by atoms with E-state index in [0.717, 1.165) is 5.56 Å². The first-order chi connectivity index (χ1) is 13.0. The van der Waals surface area contributed by atoms with Crippen LogP contribution < -0.4 is 5.56 Å². The van der Waals surface area contributed by atoms with E-state index in [4.69, 9.17) is 0 Å². The molecule has 2 aromatic carbocycles. The number of benzene rings is 2. The van der Waals surface area contributed by atoms with Crippen LogP contribution in [-0.4, -0.2) is 40.0 Å². The highest BCUT2D eigenvalue weighted by Crippen LogP contribution is 2.15. The maximum absolute atomic E-state index is 12.9. The largest absolute Gasteiger partial charge is 0.308 e. The smallest absolute Gasteiger partial charge is 0.269 e. The van der Waals surface area contributed by atoms with Crippen molar-refractivity contribution in [3.8, 4) is 0 Å². The first-order valence-electron chi connectivity index (χ1n) is 8.52. The van der Waals surface area contributed by atoms with Crippen LogP contribution in [0, 0.1) is 10.1 Å². The fourth-order valence-electron chi connectivity index (χ4n) is 2.71. The van der Waals surface area contributed by atoms with Crippen LogP contribution in [0.1, 0.15) is 11.4 Å². The maximum Gasteiger partial charge on any atom is 0.269 e. The number of nitro groups is 1. The minimum Gasteiger partial charge on any atom is -0.308 e. The molecule has 3 aromatic rings. The fourth-order valence-corrected chi connectivity index (χ4v) is 2.71. The van der Waals surface area contributed by atoms with Gasteiger partial charge in [-0.15, -0.1) is 0 Å². The number of hydrogen-bond donors (Lipinski definition) is 0. The van der Waals surface area contributed by atoms with Crippen molar-refractivity contribution < 1.29 is 4.92 Å². The lowest BCUT2D eigenvalue weighted by molar-refractivity contribution is -0.384. The van der Waals surface area contributed by atoms with Crippen LogP contribution in [0.5, 0.6) is 0 Å². The number of nitro benzene ring substituents is 1. The maximum atomic E-state index is 12.9. The summed E-state index contributed by atoms with van der Waals surface area (Å²) in [4.78, 5) is 29.8. The molecule has 1 heterocycles. The topological polar surface area (TPSA) is 81.3 Å². The molecule has 0 saturated carbocycles. The van der Waals surface area contributed by atoms with Crippen molar-refractivity contribution in [2.45, 2.75) is 6.54 Å². The van der Waals surface area contributed by atoms with Crippen LogP contribution >= 0.6 is 0 Å². The van der Waals surface area contributed by atoms with Crippen molar-refractivity contribution in [1.82, 2.24) is 14.5 Å². The van der Waals surface area contributed by atoms with Gasteiger partial charge in [0, 0.05) is 25.2 Å². The summed E-state index contributed by atoms with van der Waals surface area (Å²) in [6.07, 6.45) is 3.57. The summed E-state index contributed by atoms with van der Waals surface area (Å²) < 4.78 is 1.66. The summed E-state index contributed by atoms with van der Waals surface area (Å²) >= 11 is 0. The monoisotopic (exact) mass is 364 g/mol. The third-order valence-electron chi connectivity index (χ3n) is 4.19. The highest BCUT2D eigenvalue weighted by atomic mass is 16.6. The highest BCUT2D eigenvalue weighted by Gasteiger charge is 2.09.